The number of nitrogens with zero attached hydrogens (tertiary/aromatic N) is 1. The van der Waals surface area contributed by atoms with Crippen LogP contribution in [0, 0.1) is 17.2 Å². The molecule has 0 amide bonds. The fourth-order valence-corrected chi connectivity index (χ4v) is 2.00. The topological polar surface area (TPSA) is 50.1 Å². The quantitative estimate of drug-likeness (QED) is 0.761. The van der Waals surface area contributed by atoms with Crippen LogP contribution in [0.25, 0.3) is 0 Å². The van der Waals surface area contributed by atoms with Gasteiger partial charge in [0.1, 0.15) is 11.7 Å². The van der Waals surface area contributed by atoms with E-state index in [0.29, 0.717) is 5.56 Å². The van der Waals surface area contributed by atoms with Gasteiger partial charge in [0.25, 0.3) is 0 Å². The van der Waals surface area contributed by atoms with Gasteiger partial charge in [-0.2, -0.15) is 14.0 Å². The van der Waals surface area contributed by atoms with E-state index in [4.69, 9.17) is 5.26 Å². The number of hydrogen-bond acceptors (Lipinski definition) is 3. The van der Waals surface area contributed by atoms with Crippen molar-refractivity contribution >= 4 is 5.78 Å². The monoisotopic (exact) mass is 281 g/mol. The van der Waals surface area contributed by atoms with Crippen molar-refractivity contribution in [1.29, 1.82) is 5.26 Å². The molecule has 3 nitrogen and oxygen atoms in total. The number of carbonyl (C=O) groups excluding carboxylic acids is 1. The molecule has 1 rings (SSSR count). The van der Waals surface area contributed by atoms with Gasteiger partial charge in [-0.05, 0) is 24.1 Å². The highest BCUT2D eigenvalue weighted by atomic mass is 19.3. The number of nitriles is 1. The van der Waals surface area contributed by atoms with Crippen LogP contribution in [0.4, 0.5) is 8.78 Å². The van der Waals surface area contributed by atoms with Crippen LogP contribution in [-0.2, 0) is 4.79 Å². The third-order valence-electron chi connectivity index (χ3n) is 3.06. The highest BCUT2D eigenvalue weighted by molar-refractivity contribution is 5.90. The van der Waals surface area contributed by atoms with Gasteiger partial charge in [0.15, 0.2) is 5.78 Å². The highest BCUT2D eigenvalue weighted by Crippen LogP contribution is 2.24. The number of ketones is 1. The maximum atomic E-state index is 12.2. The van der Waals surface area contributed by atoms with Crippen molar-refractivity contribution in [2.45, 2.75) is 39.2 Å². The van der Waals surface area contributed by atoms with E-state index in [2.05, 4.69) is 4.74 Å². The van der Waals surface area contributed by atoms with Crippen LogP contribution in [0.5, 0.6) is 5.75 Å². The molecule has 5 heteroatoms. The molecular weight excluding hydrogens is 264 g/mol. The molecule has 0 heterocycles. The zero-order chi connectivity index (χ0) is 15.1. The van der Waals surface area contributed by atoms with Crippen LogP contribution in [0.3, 0.4) is 0 Å². The van der Waals surface area contributed by atoms with Gasteiger partial charge in [-0.3, -0.25) is 4.79 Å². The number of ether oxygens (including phenoxy) is 1. The lowest BCUT2D eigenvalue weighted by Crippen LogP contribution is -2.19. The Morgan fingerprint density at radius 3 is 2.40 bits per heavy atom. The van der Waals surface area contributed by atoms with Crippen LogP contribution in [0.1, 0.15) is 38.2 Å². The molecule has 2 atom stereocenters. The number of alkyl halides is 2. The largest absolute Gasteiger partial charge is 0.435 e. The fourth-order valence-electron chi connectivity index (χ4n) is 2.00. The molecule has 0 bridgehead atoms. The lowest BCUT2D eigenvalue weighted by atomic mass is 9.87. The number of halogens is 2. The van der Waals surface area contributed by atoms with E-state index in [0.717, 1.165) is 12.8 Å². The summed E-state index contributed by atoms with van der Waals surface area (Å²) >= 11 is 0. The molecule has 0 saturated carbocycles. The number of benzene rings is 1. The van der Waals surface area contributed by atoms with Crippen molar-refractivity contribution in [3.63, 3.8) is 0 Å². The summed E-state index contributed by atoms with van der Waals surface area (Å²) in [5.74, 6) is -1.19. The van der Waals surface area contributed by atoms with E-state index in [9.17, 15) is 13.6 Å². The fraction of sp³-hybridized carbons (Fsp3) is 0.467. The number of Topliss-reactive ketones (excluding diaryl/α,β-unsaturated/α-hetero) is 1. The van der Waals surface area contributed by atoms with Crippen LogP contribution < -0.4 is 4.74 Å². The summed E-state index contributed by atoms with van der Waals surface area (Å²) in [5.41, 5.74) is 0.502. The molecule has 1 aromatic rings. The van der Waals surface area contributed by atoms with Gasteiger partial charge in [0, 0.05) is 5.92 Å². The minimum atomic E-state index is -2.89. The van der Waals surface area contributed by atoms with Crippen molar-refractivity contribution < 1.29 is 18.3 Å². The Bertz CT molecular complexity index is 480. The molecule has 0 aliphatic carbocycles. The molecule has 0 aromatic heterocycles. The average Bonchev–Trinajstić information content (AvgIpc) is 2.41. The zero-order valence-electron chi connectivity index (χ0n) is 11.5. The van der Waals surface area contributed by atoms with Crippen molar-refractivity contribution in [2.24, 2.45) is 5.92 Å². The van der Waals surface area contributed by atoms with Crippen molar-refractivity contribution in [2.75, 3.05) is 0 Å². The van der Waals surface area contributed by atoms with Crippen LogP contribution >= 0.6 is 0 Å². The van der Waals surface area contributed by atoms with Gasteiger partial charge in [-0.25, -0.2) is 0 Å². The first-order valence-electron chi connectivity index (χ1n) is 6.47. The molecule has 2 unspecified atom stereocenters. The van der Waals surface area contributed by atoms with E-state index in [1.807, 2.05) is 13.0 Å². The second kappa shape index (κ2) is 7.59. The van der Waals surface area contributed by atoms with Gasteiger partial charge >= 0.3 is 6.61 Å². The number of hydrogen-bond donors (Lipinski definition) is 0. The summed E-state index contributed by atoms with van der Waals surface area (Å²) in [5, 5.41) is 9.16. The van der Waals surface area contributed by atoms with Gasteiger partial charge in [-0.15, -0.1) is 0 Å². The molecule has 0 aliphatic heterocycles. The minimum absolute atomic E-state index is 0.00879. The van der Waals surface area contributed by atoms with Gasteiger partial charge < -0.3 is 4.74 Å². The Morgan fingerprint density at radius 1 is 1.35 bits per heavy atom. The van der Waals surface area contributed by atoms with Crippen molar-refractivity contribution in [3.8, 4) is 11.8 Å². The second-order valence-electron chi connectivity index (χ2n) is 4.60. The first-order chi connectivity index (χ1) is 9.49. The van der Waals surface area contributed by atoms with Gasteiger partial charge in [0.05, 0.1) is 6.07 Å². The second-order valence-corrected chi connectivity index (χ2v) is 4.60. The SMILES string of the molecule is CCCC(C)C(=O)C(C#N)c1ccc(OC(F)F)cc1. The molecule has 108 valence electrons. The summed E-state index contributed by atoms with van der Waals surface area (Å²) in [4.78, 5) is 12.2. The first kappa shape index (κ1) is 16.1. The first-order valence-corrected chi connectivity index (χ1v) is 6.47. The number of rotatable bonds is 7. The van der Waals surface area contributed by atoms with Crippen molar-refractivity contribution in [3.05, 3.63) is 29.8 Å². The Balaban J connectivity index is 2.85. The van der Waals surface area contributed by atoms with Crippen LogP contribution in [0.2, 0.25) is 0 Å². The zero-order valence-corrected chi connectivity index (χ0v) is 11.5. The van der Waals surface area contributed by atoms with Gasteiger partial charge in [0.2, 0.25) is 0 Å². The molecule has 1 aromatic carbocycles. The summed E-state index contributed by atoms with van der Waals surface area (Å²) in [6.45, 7) is 0.880. The molecular formula is C15H17F2NO2. The molecule has 0 N–H and O–H groups in total. The van der Waals surface area contributed by atoms with Crippen LogP contribution in [0.15, 0.2) is 24.3 Å². The molecule has 0 radical (unpaired) electrons. The normalized spacial score (nSPS) is 13.6. The highest BCUT2D eigenvalue weighted by Gasteiger charge is 2.24. The maximum Gasteiger partial charge on any atom is 0.387 e. The third-order valence-corrected chi connectivity index (χ3v) is 3.06. The molecule has 20 heavy (non-hydrogen) atoms. The number of carbonyl (C=O) groups is 1. The summed E-state index contributed by atoms with van der Waals surface area (Å²) in [7, 11) is 0. The Kier molecular flexibility index (Phi) is 6.10. The van der Waals surface area contributed by atoms with Crippen LogP contribution in [-0.4, -0.2) is 12.4 Å². The average molecular weight is 281 g/mol. The van der Waals surface area contributed by atoms with Gasteiger partial charge in [-0.1, -0.05) is 32.4 Å². The predicted octanol–water partition coefficient (Wildman–Crippen LogP) is 3.90. The summed E-state index contributed by atoms with van der Waals surface area (Å²) < 4.78 is 28.3. The van der Waals surface area contributed by atoms with E-state index < -0.39 is 12.5 Å². The van der Waals surface area contributed by atoms with E-state index in [1.165, 1.54) is 24.3 Å². The van der Waals surface area contributed by atoms with Crippen molar-refractivity contribution in [1.82, 2.24) is 0 Å². The third kappa shape index (κ3) is 4.30. The van der Waals surface area contributed by atoms with E-state index in [1.54, 1.807) is 6.92 Å². The molecule has 0 saturated heterocycles. The lowest BCUT2D eigenvalue weighted by molar-refractivity contribution is -0.122. The smallest absolute Gasteiger partial charge is 0.387 e. The molecule has 0 fully saturated rings. The molecule has 0 aliphatic rings. The maximum absolute atomic E-state index is 12.2. The Morgan fingerprint density at radius 2 is 1.95 bits per heavy atom. The Labute approximate surface area is 117 Å². The van der Waals surface area contributed by atoms with E-state index >= 15 is 0 Å². The molecule has 0 spiro atoms. The lowest BCUT2D eigenvalue weighted by Gasteiger charge is -2.14. The van der Waals surface area contributed by atoms with E-state index in [-0.39, 0.29) is 17.5 Å². The Hall–Kier alpha value is -1.96. The standard InChI is InChI=1S/C15H17F2NO2/c1-3-4-10(2)14(19)13(9-18)11-5-7-12(8-6-11)20-15(16)17/h5-8,10,13,15H,3-4H2,1-2H3. The predicted molar refractivity (Wildman–Crippen MR) is 70.5 cm³/mol. The summed E-state index contributed by atoms with van der Waals surface area (Å²) in [6.07, 6.45) is 1.59. The summed E-state index contributed by atoms with van der Waals surface area (Å²) in [6, 6.07) is 7.60. The minimum Gasteiger partial charge on any atom is -0.435 e.